The van der Waals surface area contributed by atoms with Crippen molar-refractivity contribution in [2.75, 3.05) is 7.11 Å². The molecule has 1 atom stereocenters. The number of carbonyl (C=O) groups is 2. The topological polar surface area (TPSA) is 63.6 Å². The van der Waals surface area contributed by atoms with Gasteiger partial charge in [-0.25, -0.2) is 0 Å². The van der Waals surface area contributed by atoms with Gasteiger partial charge in [-0.3, -0.25) is 9.59 Å². The molecule has 0 spiro atoms. The quantitative estimate of drug-likeness (QED) is 0.778. The molecule has 0 bridgehead atoms. The average Bonchev–Trinajstić information content (AvgIpc) is 2.89. The molecule has 0 saturated heterocycles. The van der Waals surface area contributed by atoms with Crippen molar-refractivity contribution in [3.8, 4) is 5.75 Å². The molecule has 4 nitrogen and oxygen atoms in total. The van der Waals surface area contributed by atoms with Crippen LogP contribution in [0.4, 0.5) is 0 Å². The number of carboxylic acid groups (broad SMARTS) is 1. The van der Waals surface area contributed by atoms with Gasteiger partial charge < -0.3 is 9.84 Å². The van der Waals surface area contributed by atoms with Gasteiger partial charge in [0.2, 0.25) is 0 Å². The van der Waals surface area contributed by atoms with Crippen LogP contribution >= 0.6 is 11.3 Å². The standard InChI is InChI=1S/C17H20O4S/c1-4-5-11-8-15-12(7-14(11)21-3)9-16(22-15)13(18)6-10(2)17(19)20/h7-10H,4-6H2,1-3H3,(H,19,20)/t10-/m0/s1. The Morgan fingerprint density at radius 3 is 2.64 bits per heavy atom. The zero-order valence-corrected chi connectivity index (χ0v) is 13.8. The molecule has 0 saturated carbocycles. The number of Topliss-reactive ketones (excluding diaryl/α,β-unsaturated/α-hetero) is 1. The molecule has 0 aliphatic heterocycles. The number of thiophene rings is 1. The Morgan fingerprint density at radius 2 is 2.05 bits per heavy atom. The van der Waals surface area contributed by atoms with Crippen LogP contribution in [0, 0.1) is 5.92 Å². The molecule has 0 amide bonds. The van der Waals surface area contributed by atoms with Crippen LogP contribution in [0.2, 0.25) is 0 Å². The van der Waals surface area contributed by atoms with Gasteiger partial charge in [-0.2, -0.15) is 0 Å². The van der Waals surface area contributed by atoms with Crippen molar-refractivity contribution < 1.29 is 19.4 Å². The number of ether oxygens (including phenoxy) is 1. The van der Waals surface area contributed by atoms with Gasteiger partial charge in [-0.05, 0) is 35.6 Å². The van der Waals surface area contributed by atoms with E-state index >= 15 is 0 Å². The maximum atomic E-state index is 12.2. The van der Waals surface area contributed by atoms with Crippen molar-refractivity contribution in [1.82, 2.24) is 0 Å². The molecule has 2 rings (SSSR count). The molecule has 0 aliphatic carbocycles. The van der Waals surface area contributed by atoms with Crippen molar-refractivity contribution in [2.45, 2.75) is 33.1 Å². The Kier molecular flexibility index (Phi) is 5.19. The number of rotatable bonds is 7. The molecule has 0 radical (unpaired) electrons. The first kappa shape index (κ1) is 16.5. The average molecular weight is 320 g/mol. The fraction of sp³-hybridized carbons (Fsp3) is 0.412. The van der Waals surface area contributed by atoms with Crippen molar-refractivity contribution in [2.24, 2.45) is 5.92 Å². The van der Waals surface area contributed by atoms with Gasteiger partial charge >= 0.3 is 5.97 Å². The Morgan fingerprint density at radius 1 is 1.32 bits per heavy atom. The summed E-state index contributed by atoms with van der Waals surface area (Å²) in [6.45, 7) is 3.66. The van der Waals surface area contributed by atoms with Crippen LogP contribution in [0.25, 0.3) is 10.1 Å². The molecule has 2 aromatic rings. The molecule has 1 aromatic heterocycles. The maximum absolute atomic E-state index is 12.2. The van der Waals surface area contributed by atoms with Gasteiger partial charge in [0.05, 0.1) is 17.9 Å². The smallest absolute Gasteiger partial charge is 0.306 e. The van der Waals surface area contributed by atoms with Crippen LogP contribution in [0.3, 0.4) is 0 Å². The van der Waals surface area contributed by atoms with E-state index in [4.69, 9.17) is 9.84 Å². The molecule has 1 N–H and O–H groups in total. The highest BCUT2D eigenvalue weighted by atomic mass is 32.1. The highest BCUT2D eigenvalue weighted by Gasteiger charge is 2.19. The van der Waals surface area contributed by atoms with E-state index in [0.717, 1.165) is 34.2 Å². The predicted molar refractivity (Wildman–Crippen MR) is 88.1 cm³/mol. The largest absolute Gasteiger partial charge is 0.496 e. The minimum absolute atomic E-state index is 0.0289. The van der Waals surface area contributed by atoms with Crippen LogP contribution < -0.4 is 4.74 Å². The lowest BCUT2D eigenvalue weighted by Gasteiger charge is -2.07. The lowest BCUT2D eigenvalue weighted by atomic mass is 10.0. The summed E-state index contributed by atoms with van der Waals surface area (Å²) in [5.74, 6) is -0.888. The van der Waals surface area contributed by atoms with E-state index in [-0.39, 0.29) is 12.2 Å². The first-order chi connectivity index (χ1) is 10.5. The number of methoxy groups -OCH3 is 1. The molecular weight excluding hydrogens is 300 g/mol. The van der Waals surface area contributed by atoms with Gasteiger partial charge in [-0.15, -0.1) is 11.3 Å². The van der Waals surface area contributed by atoms with Crippen molar-refractivity contribution >= 4 is 33.2 Å². The van der Waals surface area contributed by atoms with E-state index in [2.05, 4.69) is 13.0 Å². The van der Waals surface area contributed by atoms with Gasteiger partial charge in [-0.1, -0.05) is 20.3 Å². The zero-order chi connectivity index (χ0) is 16.3. The lowest BCUT2D eigenvalue weighted by molar-refractivity contribution is -0.141. The molecule has 0 aliphatic rings. The Balaban J connectivity index is 2.33. The van der Waals surface area contributed by atoms with E-state index in [1.165, 1.54) is 11.3 Å². The van der Waals surface area contributed by atoms with Crippen LogP contribution in [0.15, 0.2) is 18.2 Å². The Bertz CT molecular complexity index is 702. The minimum Gasteiger partial charge on any atom is -0.496 e. The molecule has 1 aromatic carbocycles. The van der Waals surface area contributed by atoms with E-state index in [0.29, 0.717) is 4.88 Å². The summed E-state index contributed by atoms with van der Waals surface area (Å²) in [6.07, 6.45) is 1.98. The van der Waals surface area contributed by atoms with Gasteiger partial charge in [0.15, 0.2) is 5.78 Å². The summed E-state index contributed by atoms with van der Waals surface area (Å²) in [4.78, 5) is 23.7. The summed E-state index contributed by atoms with van der Waals surface area (Å²) >= 11 is 1.42. The third-order valence-corrected chi connectivity index (χ3v) is 4.77. The number of hydrogen-bond donors (Lipinski definition) is 1. The number of benzene rings is 1. The lowest BCUT2D eigenvalue weighted by Crippen LogP contribution is -2.13. The van der Waals surface area contributed by atoms with Gasteiger partial charge in [0.25, 0.3) is 0 Å². The van der Waals surface area contributed by atoms with Crippen molar-refractivity contribution in [3.63, 3.8) is 0 Å². The van der Waals surface area contributed by atoms with Gasteiger partial charge in [0, 0.05) is 11.1 Å². The SMILES string of the molecule is CCCc1cc2sc(C(=O)C[C@H](C)C(=O)O)cc2cc1OC. The fourth-order valence-electron chi connectivity index (χ4n) is 2.37. The van der Waals surface area contributed by atoms with Crippen molar-refractivity contribution in [1.29, 1.82) is 0 Å². The van der Waals surface area contributed by atoms with Crippen LogP contribution in [-0.4, -0.2) is 24.0 Å². The van der Waals surface area contributed by atoms with E-state index < -0.39 is 11.9 Å². The molecule has 22 heavy (non-hydrogen) atoms. The zero-order valence-electron chi connectivity index (χ0n) is 13.0. The fourth-order valence-corrected chi connectivity index (χ4v) is 3.42. The minimum atomic E-state index is -0.943. The molecule has 118 valence electrons. The third kappa shape index (κ3) is 3.47. The summed E-state index contributed by atoms with van der Waals surface area (Å²) < 4.78 is 6.45. The highest BCUT2D eigenvalue weighted by molar-refractivity contribution is 7.20. The number of fused-ring (bicyclic) bond motifs is 1. The van der Waals surface area contributed by atoms with Crippen molar-refractivity contribution in [3.05, 3.63) is 28.6 Å². The highest BCUT2D eigenvalue weighted by Crippen LogP contribution is 2.33. The summed E-state index contributed by atoms with van der Waals surface area (Å²) in [5.41, 5.74) is 1.14. The summed E-state index contributed by atoms with van der Waals surface area (Å²) in [6, 6.07) is 5.85. The molecule has 0 unspecified atom stereocenters. The maximum Gasteiger partial charge on any atom is 0.306 e. The molecule has 1 heterocycles. The Hall–Kier alpha value is -1.88. The number of hydrogen-bond acceptors (Lipinski definition) is 4. The number of aryl methyl sites for hydroxylation is 1. The number of aliphatic carboxylic acids is 1. The summed E-state index contributed by atoms with van der Waals surface area (Å²) in [5, 5.41) is 9.88. The normalized spacial score (nSPS) is 12.3. The number of carbonyl (C=O) groups excluding carboxylic acids is 1. The number of carboxylic acids is 1. The second kappa shape index (κ2) is 6.92. The predicted octanol–water partition coefficient (Wildman–Crippen LogP) is 4.16. The second-order valence-electron chi connectivity index (χ2n) is 5.43. The molecular formula is C17H20O4S. The molecule has 5 heteroatoms. The summed E-state index contributed by atoms with van der Waals surface area (Å²) in [7, 11) is 1.65. The second-order valence-corrected chi connectivity index (χ2v) is 6.51. The van der Waals surface area contributed by atoms with Crippen LogP contribution in [0.1, 0.15) is 41.9 Å². The monoisotopic (exact) mass is 320 g/mol. The first-order valence-corrected chi connectivity index (χ1v) is 8.14. The van der Waals surface area contributed by atoms with Crippen LogP contribution in [0.5, 0.6) is 5.75 Å². The van der Waals surface area contributed by atoms with Crippen LogP contribution in [-0.2, 0) is 11.2 Å². The Labute approximate surface area is 133 Å². The molecule has 0 fully saturated rings. The third-order valence-electron chi connectivity index (χ3n) is 3.63. The van der Waals surface area contributed by atoms with E-state index in [1.54, 1.807) is 14.0 Å². The van der Waals surface area contributed by atoms with Gasteiger partial charge in [0.1, 0.15) is 5.75 Å². The van der Waals surface area contributed by atoms with E-state index in [1.807, 2.05) is 12.1 Å². The van der Waals surface area contributed by atoms with E-state index in [9.17, 15) is 9.59 Å². The number of ketones is 1. The first-order valence-electron chi connectivity index (χ1n) is 7.32.